The molecule has 2 fully saturated rings. The number of nitrogens with one attached hydrogen (secondary N) is 1. The molecule has 0 amide bonds. The first-order chi connectivity index (χ1) is 10.3. The number of hydrogen-bond acceptors (Lipinski definition) is 2. The van der Waals surface area contributed by atoms with E-state index in [0.29, 0.717) is 0 Å². The second kappa shape index (κ2) is 9.84. The summed E-state index contributed by atoms with van der Waals surface area (Å²) in [6.07, 6.45) is 12.6. The van der Waals surface area contributed by atoms with Crippen molar-refractivity contribution in [3.8, 4) is 0 Å². The summed E-state index contributed by atoms with van der Waals surface area (Å²) in [5.74, 6) is 3.87. The summed E-state index contributed by atoms with van der Waals surface area (Å²) >= 11 is 0. The molecule has 2 heteroatoms. The van der Waals surface area contributed by atoms with Crippen LogP contribution < -0.4 is 5.32 Å². The highest BCUT2D eigenvalue weighted by Crippen LogP contribution is 2.40. The molecule has 1 aliphatic heterocycles. The Morgan fingerprint density at radius 1 is 0.905 bits per heavy atom. The van der Waals surface area contributed by atoms with Crippen molar-refractivity contribution >= 4 is 0 Å². The lowest BCUT2D eigenvalue weighted by molar-refractivity contribution is 0.0459. The fourth-order valence-corrected chi connectivity index (χ4v) is 4.53. The topological polar surface area (TPSA) is 21.3 Å². The summed E-state index contributed by atoms with van der Waals surface area (Å²) in [5, 5.41) is 3.69. The van der Waals surface area contributed by atoms with Gasteiger partial charge in [0, 0.05) is 13.2 Å². The Morgan fingerprint density at radius 2 is 1.71 bits per heavy atom. The van der Waals surface area contributed by atoms with Crippen molar-refractivity contribution in [2.24, 2.45) is 23.7 Å². The highest BCUT2D eigenvalue weighted by molar-refractivity contribution is 4.83. The zero-order valence-electron chi connectivity index (χ0n) is 14.4. The molecule has 0 spiro atoms. The highest BCUT2D eigenvalue weighted by atomic mass is 16.5. The van der Waals surface area contributed by atoms with E-state index < -0.39 is 0 Å². The number of ether oxygens (including phenoxy) is 1. The van der Waals surface area contributed by atoms with Crippen LogP contribution in [0.2, 0.25) is 0 Å². The lowest BCUT2D eigenvalue weighted by Gasteiger charge is -2.39. The molecule has 0 radical (unpaired) electrons. The average molecular weight is 296 g/mol. The highest BCUT2D eigenvalue weighted by Gasteiger charge is 2.31. The van der Waals surface area contributed by atoms with Crippen LogP contribution in [-0.4, -0.2) is 26.3 Å². The first-order valence-electron chi connectivity index (χ1n) is 9.61. The van der Waals surface area contributed by atoms with Gasteiger partial charge < -0.3 is 10.1 Å². The second-order valence-corrected chi connectivity index (χ2v) is 7.48. The molecular weight excluding hydrogens is 258 g/mol. The van der Waals surface area contributed by atoms with E-state index in [1.807, 2.05) is 0 Å². The molecule has 2 aliphatic rings. The van der Waals surface area contributed by atoms with Gasteiger partial charge in [0.25, 0.3) is 0 Å². The van der Waals surface area contributed by atoms with E-state index >= 15 is 0 Å². The van der Waals surface area contributed by atoms with Crippen LogP contribution in [0.4, 0.5) is 0 Å². The maximum Gasteiger partial charge on any atom is 0.0468 e. The molecule has 1 heterocycles. The van der Waals surface area contributed by atoms with E-state index in [2.05, 4.69) is 19.2 Å². The van der Waals surface area contributed by atoms with E-state index in [9.17, 15) is 0 Å². The largest absolute Gasteiger partial charge is 0.381 e. The van der Waals surface area contributed by atoms with Crippen LogP contribution in [0.5, 0.6) is 0 Å². The second-order valence-electron chi connectivity index (χ2n) is 7.48. The molecule has 2 rings (SSSR count). The van der Waals surface area contributed by atoms with E-state index in [1.165, 1.54) is 70.9 Å². The predicted octanol–water partition coefficient (Wildman–Crippen LogP) is 4.64. The van der Waals surface area contributed by atoms with E-state index in [4.69, 9.17) is 4.74 Å². The zero-order valence-corrected chi connectivity index (χ0v) is 14.4. The number of rotatable bonds is 8. The summed E-state index contributed by atoms with van der Waals surface area (Å²) < 4.78 is 5.54. The molecule has 1 saturated heterocycles. The van der Waals surface area contributed by atoms with Gasteiger partial charge in [0.15, 0.2) is 0 Å². The quantitative estimate of drug-likeness (QED) is 0.659. The van der Waals surface area contributed by atoms with Gasteiger partial charge >= 0.3 is 0 Å². The Morgan fingerprint density at radius 3 is 2.43 bits per heavy atom. The van der Waals surface area contributed by atoms with Crippen molar-refractivity contribution in [2.45, 2.75) is 71.6 Å². The van der Waals surface area contributed by atoms with Crippen LogP contribution in [0.3, 0.4) is 0 Å². The predicted molar refractivity (Wildman–Crippen MR) is 90.5 cm³/mol. The Bertz CT molecular complexity index is 262. The summed E-state index contributed by atoms with van der Waals surface area (Å²) in [4.78, 5) is 0. The molecule has 0 aromatic carbocycles. The Kier molecular flexibility index (Phi) is 8.10. The minimum Gasteiger partial charge on any atom is -0.381 e. The van der Waals surface area contributed by atoms with E-state index in [1.54, 1.807) is 0 Å². The van der Waals surface area contributed by atoms with Gasteiger partial charge in [-0.25, -0.2) is 0 Å². The molecule has 3 unspecified atom stereocenters. The molecule has 0 aromatic heterocycles. The summed E-state index contributed by atoms with van der Waals surface area (Å²) in [7, 11) is 0. The van der Waals surface area contributed by atoms with Crippen LogP contribution in [0.1, 0.15) is 71.6 Å². The van der Waals surface area contributed by atoms with Gasteiger partial charge in [-0.05, 0) is 75.3 Å². The molecular formula is C19H37NO. The molecule has 0 bridgehead atoms. The lowest BCUT2D eigenvalue weighted by atomic mass is 9.69. The van der Waals surface area contributed by atoms with Crippen molar-refractivity contribution in [2.75, 3.05) is 26.3 Å². The van der Waals surface area contributed by atoms with Crippen molar-refractivity contribution in [3.05, 3.63) is 0 Å². The molecule has 3 atom stereocenters. The van der Waals surface area contributed by atoms with Crippen LogP contribution in [0.25, 0.3) is 0 Å². The molecule has 2 nitrogen and oxygen atoms in total. The third-order valence-corrected chi connectivity index (χ3v) is 5.76. The van der Waals surface area contributed by atoms with Gasteiger partial charge in [0.2, 0.25) is 0 Å². The number of hydrogen-bond donors (Lipinski definition) is 1. The van der Waals surface area contributed by atoms with Crippen molar-refractivity contribution in [3.63, 3.8) is 0 Å². The lowest BCUT2D eigenvalue weighted by Crippen LogP contribution is -2.35. The molecule has 0 aromatic rings. The van der Waals surface area contributed by atoms with Gasteiger partial charge in [0.1, 0.15) is 0 Å². The minimum atomic E-state index is 0.938. The fourth-order valence-electron chi connectivity index (χ4n) is 4.53. The van der Waals surface area contributed by atoms with Gasteiger partial charge in [-0.15, -0.1) is 0 Å². The normalized spacial score (nSPS) is 31.4. The first-order valence-corrected chi connectivity index (χ1v) is 9.61. The van der Waals surface area contributed by atoms with Gasteiger partial charge in [-0.1, -0.05) is 33.1 Å². The SMILES string of the molecule is CCCNCC1CCC(CCC)CC1CC1CCOCC1. The summed E-state index contributed by atoms with van der Waals surface area (Å²) in [5.41, 5.74) is 0. The molecule has 21 heavy (non-hydrogen) atoms. The third-order valence-electron chi connectivity index (χ3n) is 5.76. The molecule has 1 aliphatic carbocycles. The maximum absolute atomic E-state index is 5.54. The van der Waals surface area contributed by atoms with Crippen molar-refractivity contribution in [1.82, 2.24) is 5.32 Å². The van der Waals surface area contributed by atoms with Crippen LogP contribution in [0.15, 0.2) is 0 Å². The summed E-state index contributed by atoms with van der Waals surface area (Å²) in [6, 6.07) is 0. The summed E-state index contributed by atoms with van der Waals surface area (Å²) in [6.45, 7) is 9.09. The van der Waals surface area contributed by atoms with Crippen LogP contribution in [-0.2, 0) is 4.74 Å². The molecule has 1 saturated carbocycles. The van der Waals surface area contributed by atoms with Crippen LogP contribution >= 0.6 is 0 Å². The van der Waals surface area contributed by atoms with E-state index in [-0.39, 0.29) is 0 Å². The monoisotopic (exact) mass is 295 g/mol. The maximum atomic E-state index is 5.54. The van der Waals surface area contributed by atoms with Crippen molar-refractivity contribution in [1.29, 1.82) is 0 Å². The first kappa shape index (κ1) is 17.3. The average Bonchev–Trinajstić information content (AvgIpc) is 2.51. The molecule has 1 N–H and O–H groups in total. The van der Waals surface area contributed by atoms with Gasteiger partial charge in [-0.2, -0.15) is 0 Å². The van der Waals surface area contributed by atoms with Crippen molar-refractivity contribution < 1.29 is 4.74 Å². The smallest absolute Gasteiger partial charge is 0.0468 e. The Labute approximate surface area is 132 Å². The fraction of sp³-hybridized carbons (Fsp3) is 1.00. The standard InChI is InChI=1S/C19H37NO/c1-3-5-16-6-7-18(15-20-10-4-2)19(13-16)14-17-8-11-21-12-9-17/h16-20H,3-15H2,1-2H3. The van der Waals surface area contributed by atoms with Gasteiger partial charge in [-0.3, -0.25) is 0 Å². The minimum absolute atomic E-state index is 0.938. The van der Waals surface area contributed by atoms with Crippen LogP contribution in [0, 0.1) is 23.7 Å². The van der Waals surface area contributed by atoms with E-state index in [0.717, 1.165) is 36.9 Å². The third kappa shape index (κ3) is 5.90. The van der Waals surface area contributed by atoms with Gasteiger partial charge in [0.05, 0.1) is 0 Å². The Hall–Kier alpha value is -0.0800. The Balaban J connectivity index is 1.84. The zero-order chi connectivity index (χ0) is 14.9. The molecule has 124 valence electrons.